The first-order valence-electron chi connectivity index (χ1n) is 8.68. The number of carbonyl (C=O) groups is 2. The van der Waals surface area contributed by atoms with E-state index >= 15 is 0 Å². The summed E-state index contributed by atoms with van der Waals surface area (Å²) in [5, 5.41) is 2.78. The third kappa shape index (κ3) is 5.13. The van der Waals surface area contributed by atoms with Crippen LogP contribution in [0.2, 0.25) is 0 Å². The second-order valence-corrected chi connectivity index (χ2v) is 5.92. The van der Waals surface area contributed by atoms with Crippen LogP contribution < -0.4 is 10.2 Å². The zero-order chi connectivity index (χ0) is 18.9. The standard InChI is InChI=1S/C20H25N3O3/c1-4-23(17-8-5-7-15(2)13-17)20(25)16-9-11-21-18(14-16)19(24)22-10-6-12-26-3/h5,7-9,11,13-14H,4,6,10,12H2,1-3H3,(H,22,24). The Balaban J connectivity index is 2.14. The van der Waals surface area contributed by atoms with Crippen LogP contribution in [0.1, 0.15) is 39.8 Å². The fraction of sp³-hybridized carbons (Fsp3) is 0.350. The Kier molecular flexibility index (Phi) is 7.29. The number of aryl methyl sites for hydroxylation is 1. The Labute approximate surface area is 154 Å². The van der Waals surface area contributed by atoms with Gasteiger partial charge < -0.3 is 15.0 Å². The molecule has 2 rings (SSSR count). The second-order valence-electron chi connectivity index (χ2n) is 5.92. The SMILES string of the molecule is CCN(C(=O)c1ccnc(C(=O)NCCCOC)c1)c1cccc(C)c1. The lowest BCUT2D eigenvalue weighted by Crippen LogP contribution is -2.31. The molecule has 1 aromatic heterocycles. The minimum atomic E-state index is -0.297. The van der Waals surface area contributed by atoms with Gasteiger partial charge in [-0.1, -0.05) is 12.1 Å². The zero-order valence-electron chi connectivity index (χ0n) is 15.5. The van der Waals surface area contributed by atoms with E-state index in [9.17, 15) is 9.59 Å². The number of pyridine rings is 1. The van der Waals surface area contributed by atoms with Crippen molar-refractivity contribution in [3.63, 3.8) is 0 Å². The Hall–Kier alpha value is -2.73. The average molecular weight is 355 g/mol. The highest BCUT2D eigenvalue weighted by Crippen LogP contribution is 2.18. The molecule has 0 aliphatic carbocycles. The van der Waals surface area contributed by atoms with Crippen LogP contribution in [-0.4, -0.2) is 43.6 Å². The molecule has 0 atom stereocenters. The molecular weight excluding hydrogens is 330 g/mol. The molecular formula is C20H25N3O3. The van der Waals surface area contributed by atoms with Gasteiger partial charge >= 0.3 is 0 Å². The minimum Gasteiger partial charge on any atom is -0.385 e. The topological polar surface area (TPSA) is 71.5 Å². The predicted molar refractivity (Wildman–Crippen MR) is 102 cm³/mol. The molecule has 0 spiro atoms. The Morgan fingerprint density at radius 2 is 2.04 bits per heavy atom. The largest absolute Gasteiger partial charge is 0.385 e. The molecule has 26 heavy (non-hydrogen) atoms. The van der Waals surface area contributed by atoms with E-state index < -0.39 is 0 Å². The molecule has 0 bridgehead atoms. The summed E-state index contributed by atoms with van der Waals surface area (Å²) in [5.41, 5.74) is 2.58. The van der Waals surface area contributed by atoms with Gasteiger partial charge in [0.25, 0.3) is 11.8 Å². The number of nitrogens with one attached hydrogen (secondary N) is 1. The molecule has 0 aliphatic rings. The third-order valence-electron chi connectivity index (χ3n) is 3.93. The number of anilines is 1. The van der Waals surface area contributed by atoms with E-state index in [1.807, 2.05) is 38.1 Å². The molecule has 2 amide bonds. The number of aromatic nitrogens is 1. The first kappa shape index (κ1) is 19.6. The van der Waals surface area contributed by atoms with Gasteiger partial charge in [0.05, 0.1) is 0 Å². The second kappa shape index (κ2) is 9.68. The molecule has 0 fully saturated rings. The number of nitrogens with zero attached hydrogens (tertiary/aromatic N) is 2. The summed E-state index contributed by atoms with van der Waals surface area (Å²) in [6.45, 7) is 5.51. The molecule has 1 heterocycles. The van der Waals surface area contributed by atoms with Crippen molar-refractivity contribution in [3.05, 3.63) is 59.4 Å². The summed E-state index contributed by atoms with van der Waals surface area (Å²) < 4.78 is 4.95. The molecule has 0 radical (unpaired) electrons. The van der Waals surface area contributed by atoms with Gasteiger partial charge in [-0.3, -0.25) is 14.6 Å². The normalized spacial score (nSPS) is 10.4. The number of hydrogen-bond donors (Lipinski definition) is 1. The van der Waals surface area contributed by atoms with Crippen molar-refractivity contribution < 1.29 is 14.3 Å². The average Bonchev–Trinajstić information content (AvgIpc) is 2.66. The molecule has 0 aliphatic heterocycles. The Bertz CT molecular complexity index is 761. The Morgan fingerprint density at radius 3 is 2.73 bits per heavy atom. The highest BCUT2D eigenvalue weighted by atomic mass is 16.5. The molecule has 1 N–H and O–H groups in total. The maximum Gasteiger partial charge on any atom is 0.269 e. The van der Waals surface area contributed by atoms with Gasteiger partial charge in [0, 0.05) is 44.3 Å². The van der Waals surface area contributed by atoms with Crippen molar-refractivity contribution in [1.82, 2.24) is 10.3 Å². The molecule has 6 nitrogen and oxygen atoms in total. The lowest BCUT2D eigenvalue weighted by molar-refractivity contribution is 0.0943. The van der Waals surface area contributed by atoms with Crippen molar-refractivity contribution in [3.8, 4) is 0 Å². The van der Waals surface area contributed by atoms with E-state index in [2.05, 4.69) is 10.3 Å². The van der Waals surface area contributed by atoms with Crippen LogP contribution in [0.4, 0.5) is 5.69 Å². The highest BCUT2D eigenvalue weighted by molar-refractivity contribution is 6.07. The first-order chi connectivity index (χ1) is 12.6. The van der Waals surface area contributed by atoms with E-state index in [-0.39, 0.29) is 17.5 Å². The lowest BCUT2D eigenvalue weighted by Gasteiger charge is -2.21. The maximum atomic E-state index is 12.9. The van der Waals surface area contributed by atoms with E-state index in [0.29, 0.717) is 25.3 Å². The quantitative estimate of drug-likeness (QED) is 0.739. The van der Waals surface area contributed by atoms with E-state index in [1.54, 1.807) is 18.1 Å². The lowest BCUT2D eigenvalue weighted by atomic mass is 10.1. The van der Waals surface area contributed by atoms with Gasteiger partial charge in [-0.2, -0.15) is 0 Å². The summed E-state index contributed by atoms with van der Waals surface area (Å²) in [6.07, 6.45) is 2.21. The van der Waals surface area contributed by atoms with Crippen LogP contribution in [0.3, 0.4) is 0 Å². The van der Waals surface area contributed by atoms with Crippen molar-refractivity contribution in [1.29, 1.82) is 0 Å². The molecule has 2 aromatic rings. The Morgan fingerprint density at radius 1 is 1.23 bits per heavy atom. The number of ether oxygens (including phenoxy) is 1. The minimum absolute atomic E-state index is 0.158. The van der Waals surface area contributed by atoms with E-state index in [0.717, 1.165) is 17.7 Å². The third-order valence-corrected chi connectivity index (χ3v) is 3.93. The van der Waals surface area contributed by atoms with Crippen LogP contribution in [0.25, 0.3) is 0 Å². The van der Waals surface area contributed by atoms with Crippen molar-refractivity contribution in [2.75, 3.05) is 31.7 Å². The van der Waals surface area contributed by atoms with Crippen LogP contribution >= 0.6 is 0 Å². The fourth-order valence-corrected chi connectivity index (χ4v) is 2.59. The number of rotatable bonds is 8. The predicted octanol–water partition coefficient (Wildman–Crippen LogP) is 2.82. The van der Waals surface area contributed by atoms with Crippen molar-refractivity contribution in [2.45, 2.75) is 20.3 Å². The molecule has 0 saturated heterocycles. The molecule has 0 unspecified atom stereocenters. The van der Waals surface area contributed by atoms with Gasteiger partial charge in [0.1, 0.15) is 5.69 Å². The number of carbonyl (C=O) groups excluding carboxylic acids is 2. The summed E-state index contributed by atoms with van der Waals surface area (Å²) in [5.74, 6) is -0.455. The highest BCUT2D eigenvalue weighted by Gasteiger charge is 2.18. The van der Waals surface area contributed by atoms with E-state index in [4.69, 9.17) is 4.74 Å². The monoisotopic (exact) mass is 355 g/mol. The number of hydrogen-bond acceptors (Lipinski definition) is 4. The summed E-state index contributed by atoms with van der Waals surface area (Å²) >= 11 is 0. The van der Waals surface area contributed by atoms with Gasteiger partial charge in [-0.25, -0.2) is 0 Å². The maximum absolute atomic E-state index is 12.9. The summed E-state index contributed by atoms with van der Waals surface area (Å²) in [7, 11) is 1.62. The first-order valence-corrected chi connectivity index (χ1v) is 8.68. The van der Waals surface area contributed by atoms with Gasteiger partial charge in [-0.05, 0) is 50.1 Å². The van der Waals surface area contributed by atoms with Gasteiger partial charge in [0.2, 0.25) is 0 Å². The smallest absolute Gasteiger partial charge is 0.269 e. The number of methoxy groups -OCH3 is 1. The summed E-state index contributed by atoms with van der Waals surface area (Å²) in [6, 6.07) is 10.9. The number of amides is 2. The summed E-state index contributed by atoms with van der Waals surface area (Å²) in [4.78, 5) is 30.9. The van der Waals surface area contributed by atoms with E-state index in [1.165, 1.54) is 12.3 Å². The van der Waals surface area contributed by atoms with Crippen molar-refractivity contribution in [2.24, 2.45) is 0 Å². The van der Waals surface area contributed by atoms with Crippen LogP contribution in [0.15, 0.2) is 42.6 Å². The fourth-order valence-electron chi connectivity index (χ4n) is 2.59. The van der Waals surface area contributed by atoms with Crippen molar-refractivity contribution >= 4 is 17.5 Å². The molecule has 138 valence electrons. The molecule has 1 aromatic carbocycles. The van der Waals surface area contributed by atoms with Crippen LogP contribution in [0.5, 0.6) is 0 Å². The van der Waals surface area contributed by atoms with Crippen LogP contribution in [-0.2, 0) is 4.74 Å². The number of benzene rings is 1. The van der Waals surface area contributed by atoms with Crippen LogP contribution in [0, 0.1) is 6.92 Å². The zero-order valence-corrected chi connectivity index (χ0v) is 15.5. The van der Waals surface area contributed by atoms with Gasteiger partial charge in [-0.15, -0.1) is 0 Å². The molecule has 0 saturated carbocycles. The van der Waals surface area contributed by atoms with Gasteiger partial charge in [0.15, 0.2) is 0 Å². The molecule has 6 heteroatoms.